The Bertz CT molecular complexity index is 732. The number of benzene rings is 1. The van der Waals surface area contributed by atoms with E-state index in [-0.39, 0.29) is 0 Å². The number of hydrogen-bond donors (Lipinski definition) is 5. The zero-order chi connectivity index (χ0) is 20.4. The summed E-state index contributed by atoms with van der Waals surface area (Å²) in [5, 5.41) is 48.3. The predicted molar refractivity (Wildman–Crippen MR) is 98.0 cm³/mol. The van der Waals surface area contributed by atoms with Gasteiger partial charge in [0.15, 0.2) is 11.5 Å². The van der Waals surface area contributed by atoms with Gasteiger partial charge >= 0.3 is 11.9 Å². The molecule has 0 aliphatic heterocycles. The zero-order valence-corrected chi connectivity index (χ0v) is 15.8. The van der Waals surface area contributed by atoms with Crippen LogP contribution in [0.3, 0.4) is 0 Å². The van der Waals surface area contributed by atoms with Gasteiger partial charge in [0.05, 0.1) is 10.8 Å². The van der Waals surface area contributed by atoms with E-state index in [0.29, 0.717) is 62.5 Å². The summed E-state index contributed by atoms with van der Waals surface area (Å²) in [6.07, 6.45) is 4.16. The summed E-state index contributed by atoms with van der Waals surface area (Å²) in [6.45, 7) is 3.26. The van der Waals surface area contributed by atoms with Crippen molar-refractivity contribution in [3.05, 3.63) is 17.2 Å². The van der Waals surface area contributed by atoms with Crippen molar-refractivity contribution in [3.63, 3.8) is 0 Å². The van der Waals surface area contributed by atoms with E-state index < -0.39 is 40.0 Å². The van der Waals surface area contributed by atoms with Crippen molar-refractivity contribution in [3.8, 4) is 17.2 Å². The first-order chi connectivity index (χ1) is 12.5. The summed E-state index contributed by atoms with van der Waals surface area (Å²) < 4.78 is 0. The van der Waals surface area contributed by atoms with Crippen molar-refractivity contribution < 1.29 is 35.1 Å². The van der Waals surface area contributed by atoms with Crippen LogP contribution in [0.25, 0.3) is 0 Å². The lowest BCUT2D eigenvalue weighted by molar-refractivity contribution is -0.147. The van der Waals surface area contributed by atoms with E-state index in [1.165, 1.54) is 6.07 Å². The maximum Gasteiger partial charge on any atom is 0.309 e. The molecule has 1 aliphatic rings. The van der Waals surface area contributed by atoms with Crippen molar-refractivity contribution in [2.45, 2.75) is 65.2 Å². The SMILES string of the molecule is CC(C)(CCCc1c(CCCC2(C(=O)O)CC2)cc(O)c(O)c1O)C(=O)O. The van der Waals surface area contributed by atoms with E-state index in [1.807, 2.05) is 0 Å². The lowest BCUT2D eigenvalue weighted by atomic mass is 9.85. The highest BCUT2D eigenvalue weighted by molar-refractivity contribution is 5.77. The molecule has 1 aromatic carbocycles. The molecule has 27 heavy (non-hydrogen) atoms. The molecule has 0 amide bonds. The summed E-state index contributed by atoms with van der Waals surface area (Å²) >= 11 is 0. The van der Waals surface area contributed by atoms with Gasteiger partial charge in [0.2, 0.25) is 5.75 Å². The summed E-state index contributed by atoms with van der Waals surface area (Å²) in [7, 11) is 0. The van der Waals surface area contributed by atoms with Crippen LogP contribution in [-0.4, -0.2) is 37.5 Å². The largest absolute Gasteiger partial charge is 0.504 e. The lowest BCUT2D eigenvalue weighted by Crippen LogP contribution is -2.23. The highest BCUT2D eigenvalue weighted by Gasteiger charge is 2.49. The first-order valence-corrected chi connectivity index (χ1v) is 9.22. The van der Waals surface area contributed by atoms with Gasteiger partial charge in [-0.05, 0) is 76.8 Å². The lowest BCUT2D eigenvalue weighted by Gasteiger charge is -2.20. The molecular formula is C20H28O7. The average molecular weight is 380 g/mol. The van der Waals surface area contributed by atoms with Crippen LogP contribution in [0.15, 0.2) is 6.07 Å². The minimum absolute atomic E-state index is 0.357. The second kappa shape index (κ2) is 7.66. The van der Waals surface area contributed by atoms with Gasteiger partial charge in [0, 0.05) is 5.56 Å². The molecule has 1 aromatic rings. The van der Waals surface area contributed by atoms with Crippen molar-refractivity contribution in [1.29, 1.82) is 0 Å². The molecule has 0 unspecified atom stereocenters. The molecule has 7 heteroatoms. The van der Waals surface area contributed by atoms with Crippen LogP contribution in [0, 0.1) is 10.8 Å². The molecule has 1 aliphatic carbocycles. The number of aromatic hydroxyl groups is 3. The number of phenolic OH excluding ortho intramolecular Hbond substituents is 3. The van der Waals surface area contributed by atoms with E-state index in [0.717, 1.165) is 0 Å². The molecule has 0 atom stereocenters. The van der Waals surface area contributed by atoms with Crippen LogP contribution in [0.5, 0.6) is 17.2 Å². The van der Waals surface area contributed by atoms with Crippen LogP contribution >= 0.6 is 0 Å². The Hall–Kier alpha value is -2.44. The second-order valence-electron chi connectivity index (χ2n) is 8.21. The van der Waals surface area contributed by atoms with Crippen molar-refractivity contribution in [1.82, 2.24) is 0 Å². The van der Waals surface area contributed by atoms with Crippen LogP contribution in [0.2, 0.25) is 0 Å². The molecule has 0 saturated heterocycles. The van der Waals surface area contributed by atoms with Crippen LogP contribution in [0.1, 0.15) is 63.5 Å². The summed E-state index contributed by atoms with van der Waals surface area (Å²) in [5.74, 6) is -3.08. The predicted octanol–water partition coefficient (Wildman–Crippen LogP) is 3.42. The van der Waals surface area contributed by atoms with Crippen LogP contribution in [-0.2, 0) is 22.4 Å². The highest BCUT2D eigenvalue weighted by Crippen LogP contribution is 2.50. The molecule has 1 saturated carbocycles. The third-order valence-corrected chi connectivity index (χ3v) is 5.67. The number of rotatable bonds is 10. The fourth-order valence-electron chi connectivity index (χ4n) is 3.39. The van der Waals surface area contributed by atoms with E-state index >= 15 is 0 Å². The first-order valence-electron chi connectivity index (χ1n) is 9.22. The number of aliphatic carboxylic acids is 2. The van der Waals surface area contributed by atoms with Gasteiger partial charge in [-0.25, -0.2) is 0 Å². The minimum atomic E-state index is -0.899. The van der Waals surface area contributed by atoms with Gasteiger partial charge in [-0.1, -0.05) is 0 Å². The van der Waals surface area contributed by atoms with E-state index in [4.69, 9.17) is 0 Å². The fraction of sp³-hybridized carbons (Fsp3) is 0.600. The standard InChI is InChI=1S/C20H28O7/c1-19(2,17(24)25)7-4-6-13-12(11-14(21)16(23)15(13)22)5-3-8-20(9-10-20)18(26)27/h11,21-23H,3-10H2,1-2H3,(H,24,25)(H,26,27). The summed E-state index contributed by atoms with van der Waals surface area (Å²) in [6, 6.07) is 1.40. The van der Waals surface area contributed by atoms with Gasteiger partial charge in [-0.3, -0.25) is 9.59 Å². The van der Waals surface area contributed by atoms with Crippen LogP contribution < -0.4 is 0 Å². The molecule has 150 valence electrons. The Morgan fingerprint density at radius 2 is 1.67 bits per heavy atom. The fourth-order valence-corrected chi connectivity index (χ4v) is 3.39. The van der Waals surface area contributed by atoms with Gasteiger partial charge in [-0.2, -0.15) is 0 Å². The van der Waals surface area contributed by atoms with E-state index in [2.05, 4.69) is 0 Å². The monoisotopic (exact) mass is 380 g/mol. The smallest absolute Gasteiger partial charge is 0.309 e. The molecular weight excluding hydrogens is 352 g/mol. The molecule has 0 radical (unpaired) electrons. The van der Waals surface area contributed by atoms with Gasteiger partial charge in [-0.15, -0.1) is 0 Å². The van der Waals surface area contributed by atoms with E-state index in [1.54, 1.807) is 13.8 Å². The first kappa shape index (κ1) is 20.9. The summed E-state index contributed by atoms with van der Waals surface area (Å²) in [4.78, 5) is 22.5. The normalized spacial score (nSPS) is 15.5. The molecule has 5 N–H and O–H groups in total. The topological polar surface area (TPSA) is 135 Å². The number of carboxylic acids is 2. The molecule has 7 nitrogen and oxygen atoms in total. The molecule has 0 bridgehead atoms. The molecule has 0 heterocycles. The van der Waals surface area contributed by atoms with Crippen LogP contribution in [0.4, 0.5) is 0 Å². The maximum atomic E-state index is 11.3. The Morgan fingerprint density at radius 1 is 1.04 bits per heavy atom. The van der Waals surface area contributed by atoms with Gasteiger partial charge in [0.1, 0.15) is 0 Å². The number of phenols is 3. The zero-order valence-electron chi connectivity index (χ0n) is 15.8. The Kier molecular flexibility index (Phi) is 5.92. The quantitative estimate of drug-likeness (QED) is 0.392. The van der Waals surface area contributed by atoms with Gasteiger partial charge in [0.25, 0.3) is 0 Å². The Morgan fingerprint density at radius 3 is 2.19 bits per heavy atom. The average Bonchev–Trinajstić information content (AvgIpc) is 3.36. The molecule has 0 spiro atoms. The Balaban J connectivity index is 2.09. The highest BCUT2D eigenvalue weighted by atomic mass is 16.4. The molecule has 1 fully saturated rings. The minimum Gasteiger partial charge on any atom is -0.504 e. The Labute approximate surface area is 158 Å². The molecule has 0 aromatic heterocycles. The number of carboxylic acid groups (broad SMARTS) is 2. The van der Waals surface area contributed by atoms with Gasteiger partial charge < -0.3 is 25.5 Å². The number of aryl methyl sites for hydroxylation is 1. The number of hydrogen-bond acceptors (Lipinski definition) is 5. The van der Waals surface area contributed by atoms with E-state index in [9.17, 15) is 35.1 Å². The summed E-state index contributed by atoms with van der Waals surface area (Å²) in [5.41, 5.74) is -0.398. The molecule has 2 rings (SSSR count). The van der Waals surface area contributed by atoms with Crippen molar-refractivity contribution in [2.24, 2.45) is 10.8 Å². The second-order valence-corrected chi connectivity index (χ2v) is 8.21. The third kappa shape index (κ3) is 4.64. The third-order valence-electron chi connectivity index (χ3n) is 5.67. The number of carbonyl (C=O) groups is 2. The van der Waals surface area contributed by atoms with Crippen molar-refractivity contribution in [2.75, 3.05) is 0 Å². The van der Waals surface area contributed by atoms with Crippen molar-refractivity contribution >= 4 is 11.9 Å². The maximum absolute atomic E-state index is 11.3.